The van der Waals surface area contributed by atoms with Crippen molar-refractivity contribution in [1.29, 1.82) is 0 Å². The summed E-state index contributed by atoms with van der Waals surface area (Å²) >= 11 is 0. The number of piperazine rings is 1. The van der Waals surface area contributed by atoms with Crippen molar-refractivity contribution < 1.29 is 4.79 Å². The molecule has 8 heteroatoms. The molecule has 3 aliphatic heterocycles. The summed E-state index contributed by atoms with van der Waals surface area (Å²) in [6.45, 7) is 18.6. The van der Waals surface area contributed by atoms with Crippen molar-refractivity contribution in [1.82, 2.24) is 24.9 Å². The maximum Gasteiger partial charge on any atom is 0.239 e. The highest BCUT2D eigenvalue weighted by molar-refractivity contribution is 14.0. The molecule has 2 atom stereocenters. The van der Waals surface area contributed by atoms with Crippen molar-refractivity contribution in [2.45, 2.75) is 65.5 Å². The Labute approximate surface area is 207 Å². The zero-order valence-electron chi connectivity index (χ0n) is 20.2. The Balaban J connectivity index is 0.00000341. The quantitative estimate of drug-likeness (QED) is 0.301. The number of hydrogen-bond acceptors (Lipinski definition) is 4. The van der Waals surface area contributed by atoms with Crippen LogP contribution in [0.15, 0.2) is 4.99 Å². The molecule has 31 heavy (non-hydrogen) atoms. The number of hydrogen-bond donors (Lipinski definition) is 1. The van der Waals surface area contributed by atoms with E-state index in [1.54, 1.807) is 0 Å². The van der Waals surface area contributed by atoms with Crippen LogP contribution in [-0.4, -0.2) is 109 Å². The van der Waals surface area contributed by atoms with Gasteiger partial charge in [0.2, 0.25) is 5.91 Å². The number of amides is 1. The van der Waals surface area contributed by atoms with E-state index < -0.39 is 0 Å². The second kappa shape index (κ2) is 13.2. The minimum absolute atomic E-state index is 0. The Hall–Kier alpha value is -0.610. The Morgan fingerprint density at radius 3 is 2.26 bits per heavy atom. The standard InChI is InChI=1S/C23H44N6O.HI/c1-5-24-23(25-17-21-9-8-12-29(21)18-19(2)3)28-15-13-26(14-16-28)20(4)22(30)27-10-6-7-11-27;/h19-21H,5-18H2,1-4H3,(H,24,25);1H/t20?,21-;/m1./s1. The number of carbonyl (C=O) groups excluding carboxylic acids is 1. The van der Waals surface area contributed by atoms with Gasteiger partial charge in [-0.05, 0) is 52.0 Å². The summed E-state index contributed by atoms with van der Waals surface area (Å²) in [4.78, 5) is 27.2. The summed E-state index contributed by atoms with van der Waals surface area (Å²) in [5.41, 5.74) is 0. The van der Waals surface area contributed by atoms with E-state index in [4.69, 9.17) is 4.99 Å². The van der Waals surface area contributed by atoms with Crippen LogP contribution in [0.5, 0.6) is 0 Å². The first kappa shape index (κ1) is 26.6. The molecule has 0 radical (unpaired) electrons. The number of rotatable bonds is 7. The van der Waals surface area contributed by atoms with Crippen LogP contribution in [0.25, 0.3) is 0 Å². The van der Waals surface area contributed by atoms with Crippen molar-refractivity contribution >= 4 is 35.8 Å². The molecule has 1 N–H and O–H groups in total. The molecule has 3 heterocycles. The van der Waals surface area contributed by atoms with Gasteiger partial charge in [-0.1, -0.05) is 13.8 Å². The van der Waals surface area contributed by atoms with Crippen molar-refractivity contribution in [3.63, 3.8) is 0 Å². The zero-order chi connectivity index (χ0) is 21.5. The third kappa shape index (κ3) is 7.45. The molecule has 0 aromatic rings. The number of likely N-dealkylation sites (tertiary alicyclic amines) is 2. The molecule has 1 amide bonds. The minimum atomic E-state index is -0.00662. The molecule has 0 bridgehead atoms. The lowest BCUT2D eigenvalue weighted by Gasteiger charge is -2.39. The van der Waals surface area contributed by atoms with Crippen LogP contribution >= 0.6 is 24.0 Å². The number of halogens is 1. The lowest BCUT2D eigenvalue weighted by molar-refractivity contribution is -0.135. The van der Waals surface area contributed by atoms with E-state index in [9.17, 15) is 4.79 Å². The number of nitrogens with one attached hydrogen (secondary N) is 1. The largest absolute Gasteiger partial charge is 0.357 e. The van der Waals surface area contributed by atoms with Gasteiger partial charge in [-0.15, -0.1) is 24.0 Å². The molecule has 0 aromatic carbocycles. The fourth-order valence-corrected chi connectivity index (χ4v) is 5.11. The lowest BCUT2D eigenvalue weighted by atomic mass is 10.1. The summed E-state index contributed by atoms with van der Waals surface area (Å²) in [6.07, 6.45) is 4.87. The molecular weight excluding hydrogens is 503 g/mol. The van der Waals surface area contributed by atoms with E-state index in [0.717, 1.165) is 71.2 Å². The van der Waals surface area contributed by atoms with E-state index >= 15 is 0 Å². The molecule has 1 unspecified atom stereocenters. The van der Waals surface area contributed by atoms with Crippen LogP contribution in [0.3, 0.4) is 0 Å². The summed E-state index contributed by atoms with van der Waals surface area (Å²) in [5, 5.41) is 3.51. The Morgan fingerprint density at radius 1 is 0.968 bits per heavy atom. The minimum Gasteiger partial charge on any atom is -0.357 e. The smallest absolute Gasteiger partial charge is 0.239 e. The van der Waals surface area contributed by atoms with Crippen molar-refractivity contribution in [3.05, 3.63) is 0 Å². The molecule has 3 rings (SSSR count). The molecule has 0 aliphatic carbocycles. The molecule has 0 saturated carbocycles. The van der Waals surface area contributed by atoms with Gasteiger partial charge in [0.05, 0.1) is 12.6 Å². The van der Waals surface area contributed by atoms with Crippen LogP contribution in [0.1, 0.15) is 53.4 Å². The number of guanidine groups is 1. The first-order valence-electron chi connectivity index (χ1n) is 12.3. The number of aliphatic imine (C=N–C) groups is 1. The Morgan fingerprint density at radius 2 is 1.65 bits per heavy atom. The summed E-state index contributed by atoms with van der Waals surface area (Å²) < 4.78 is 0. The first-order chi connectivity index (χ1) is 14.5. The highest BCUT2D eigenvalue weighted by atomic mass is 127. The second-order valence-electron chi connectivity index (χ2n) is 9.61. The highest BCUT2D eigenvalue weighted by Crippen LogP contribution is 2.19. The Kier molecular flexibility index (Phi) is 11.3. The van der Waals surface area contributed by atoms with Crippen molar-refractivity contribution in [2.75, 3.05) is 65.4 Å². The molecule has 3 saturated heterocycles. The molecule has 7 nitrogen and oxygen atoms in total. The normalized spacial score (nSPS) is 24.5. The van der Waals surface area contributed by atoms with Gasteiger partial charge in [-0.3, -0.25) is 19.6 Å². The van der Waals surface area contributed by atoms with Gasteiger partial charge in [0.1, 0.15) is 0 Å². The molecular formula is C23H45IN6O. The first-order valence-corrected chi connectivity index (χ1v) is 12.3. The van der Waals surface area contributed by atoms with Gasteiger partial charge < -0.3 is 15.1 Å². The highest BCUT2D eigenvalue weighted by Gasteiger charge is 2.31. The van der Waals surface area contributed by atoms with Crippen LogP contribution < -0.4 is 5.32 Å². The summed E-state index contributed by atoms with van der Waals surface area (Å²) in [5.74, 6) is 2.07. The van der Waals surface area contributed by atoms with E-state index in [1.165, 1.54) is 25.9 Å². The predicted octanol–water partition coefficient (Wildman–Crippen LogP) is 2.32. The third-order valence-electron chi connectivity index (χ3n) is 6.82. The number of carbonyl (C=O) groups is 1. The average Bonchev–Trinajstić information content (AvgIpc) is 3.42. The van der Waals surface area contributed by atoms with Crippen LogP contribution in [0.2, 0.25) is 0 Å². The van der Waals surface area contributed by atoms with Gasteiger partial charge in [0.25, 0.3) is 0 Å². The second-order valence-corrected chi connectivity index (χ2v) is 9.61. The van der Waals surface area contributed by atoms with Gasteiger partial charge in [-0.25, -0.2) is 0 Å². The van der Waals surface area contributed by atoms with Crippen LogP contribution in [0.4, 0.5) is 0 Å². The van der Waals surface area contributed by atoms with Crippen LogP contribution in [-0.2, 0) is 4.79 Å². The predicted molar refractivity (Wildman–Crippen MR) is 139 cm³/mol. The van der Waals surface area contributed by atoms with Crippen molar-refractivity contribution in [3.8, 4) is 0 Å². The maximum atomic E-state index is 12.7. The van der Waals surface area contributed by atoms with Crippen molar-refractivity contribution in [2.24, 2.45) is 10.9 Å². The summed E-state index contributed by atoms with van der Waals surface area (Å²) in [6, 6.07) is 0.577. The monoisotopic (exact) mass is 548 g/mol. The molecule has 3 aliphatic rings. The molecule has 180 valence electrons. The van der Waals surface area contributed by atoms with E-state index in [2.05, 4.69) is 47.7 Å². The zero-order valence-corrected chi connectivity index (χ0v) is 22.5. The topological polar surface area (TPSA) is 54.4 Å². The van der Waals surface area contributed by atoms with Gasteiger partial charge in [-0.2, -0.15) is 0 Å². The maximum absolute atomic E-state index is 12.7. The van der Waals surface area contributed by atoms with Gasteiger partial charge in [0, 0.05) is 58.4 Å². The Bertz CT molecular complexity index is 572. The van der Waals surface area contributed by atoms with E-state index in [0.29, 0.717) is 17.9 Å². The van der Waals surface area contributed by atoms with Gasteiger partial charge >= 0.3 is 0 Å². The van der Waals surface area contributed by atoms with Gasteiger partial charge in [0.15, 0.2) is 5.96 Å². The van der Waals surface area contributed by atoms with E-state index in [1.807, 2.05) is 4.90 Å². The van der Waals surface area contributed by atoms with Crippen LogP contribution in [0, 0.1) is 5.92 Å². The SMILES string of the molecule is CCNC(=NC[C@H]1CCCN1CC(C)C)N1CCN(C(C)C(=O)N2CCCC2)CC1.I. The average molecular weight is 549 g/mol. The fraction of sp³-hybridized carbons (Fsp3) is 0.913. The fourth-order valence-electron chi connectivity index (χ4n) is 5.11. The summed E-state index contributed by atoms with van der Waals surface area (Å²) in [7, 11) is 0. The molecule has 3 fully saturated rings. The molecule has 0 aromatic heterocycles. The molecule has 0 spiro atoms. The third-order valence-corrected chi connectivity index (χ3v) is 6.82. The van der Waals surface area contributed by atoms with E-state index in [-0.39, 0.29) is 30.0 Å². The number of nitrogens with zero attached hydrogens (tertiary/aromatic N) is 5. The lowest BCUT2D eigenvalue weighted by Crippen LogP contribution is -2.57.